The van der Waals surface area contributed by atoms with Gasteiger partial charge in [0.2, 0.25) is 11.9 Å². The number of imidazole rings is 1. The molecule has 1 N–H and O–H groups in total. The van der Waals surface area contributed by atoms with Crippen LogP contribution >= 0.6 is 0 Å². The van der Waals surface area contributed by atoms with E-state index < -0.39 is 11.9 Å². The van der Waals surface area contributed by atoms with E-state index in [1.54, 1.807) is 18.2 Å². The molecule has 27 heavy (non-hydrogen) atoms. The van der Waals surface area contributed by atoms with Crippen molar-refractivity contribution < 1.29 is 18.0 Å². The molecule has 8 heteroatoms. The lowest BCUT2D eigenvalue weighted by Gasteiger charge is -2.21. The molecule has 0 unspecified atom stereocenters. The quantitative estimate of drug-likeness (QED) is 0.836. The zero-order valence-corrected chi connectivity index (χ0v) is 14.6. The van der Waals surface area contributed by atoms with E-state index in [2.05, 4.69) is 15.3 Å². The van der Waals surface area contributed by atoms with Gasteiger partial charge in [0.1, 0.15) is 11.2 Å². The normalized spacial score (nSPS) is 17.7. The number of amides is 1. The molecule has 0 radical (unpaired) electrons. The van der Waals surface area contributed by atoms with Crippen LogP contribution in [0.1, 0.15) is 44.2 Å². The van der Waals surface area contributed by atoms with Gasteiger partial charge in [-0.2, -0.15) is 13.2 Å². The Hall–Kier alpha value is -2.64. The highest BCUT2D eigenvalue weighted by Gasteiger charge is 2.33. The number of nitrogens with one attached hydrogen (secondary N) is 1. The first kappa shape index (κ1) is 17.8. The minimum atomic E-state index is -4.54. The third kappa shape index (κ3) is 3.61. The molecule has 2 aliphatic carbocycles. The first-order valence-corrected chi connectivity index (χ1v) is 9.07. The lowest BCUT2D eigenvalue weighted by atomic mass is 9.87. The molecule has 5 nitrogen and oxygen atoms in total. The van der Waals surface area contributed by atoms with Crippen LogP contribution in [0.25, 0.3) is 16.9 Å². The predicted octanol–water partition coefficient (Wildman–Crippen LogP) is 4.77. The summed E-state index contributed by atoms with van der Waals surface area (Å²) < 4.78 is 40.6. The van der Waals surface area contributed by atoms with Crippen LogP contribution in [0.15, 0.2) is 30.4 Å². The summed E-state index contributed by atoms with van der Waals surface area (Å²) >= 11 is 0. The van der Waals surface area contributed by atoms with Crippen molar-refractivity contribution in [1.29, 1.82) is 0 Å². The molecule has 0 saturated heterocycles. The van der Waals surface area contributed by atoms with Crippen molar-refractivity contribution >= 4 is 28.7 Å². The first-order valence-electron chi connectivity index (χ1n) is 9.07. The zero-order chi connectivity index (χ0) is 19.0. The Morgan fingerprint density at radius 2 is 1.93 bits per heavy atom. The molecule has 2 heterocycles. The van der Waals surface area contributed by atoms with Gasteiger partial charge in [0.05, 0.1) is 5.70 Å². The Labute approximate surface area is 154 Å². The number of rotatable bonds is 4. The summed E-state index contributed by atoms with van der Waals surface area (Å²) in [4.78, 5) is 20.5. The smallest absolute Gasteiger partial charge is 0.296 e. The fraction of sp³-hybridized carbons (Fsp3) is 0.421. The molecule has 1 saturated carbocycles. The minimum absolute atomic E-state index is 0.0772. The second-order valence-corrected chi connectivity index (χ2v) is 7.01. The molecule has 2 aromatic heterocycles. The van der Waals surface area contributed by atoms with Crippen LogP contribution in [0.3, 0.4) is 0 Å². The third-order valence-electron chi connectivity index (χ3n) is 5.04. The van der Waals surface area contributed by atoms with Crippen LogP contribution in [0.2, 0.25) is 0 Å². The number of hydrogen-bond donors (Lipinski definition) is 1. The number of anilines is 1. The van der Waals surface area contributed by atoms with E-state index in [0.717, 1.165) is 31.7 Å². The molecule has 2 aliphatic rings. The molecular weight excluding hydrogens is 357 g/mol. The van der Waals surface area contributed by atoms with Gasteiger partial charge < -0.3 is 0 Å². The van der Waals surface area contributed by atoms with Gasteiger partial charge in [0.15, 0.2) is 5.65 Å². The minimum Gasteiger partial charge on any atom is -0.296 e. The largest absolute Gasteiger partial charge is 0.433 e. The van der Waals surface area contributed by atoms with Gasteiger partial charge in [-0.1, -0.05) is 25.3 Å². The summed E-state index contributed by atoms with van der Waals surface area (Å²) in [5.74, 6) is 0.390. The molecule has 4 rings (SSSR count). The Balaban J connectivity index is 1.64. The van der Waals surface area contributed by atoms with Gasteiger partial charge in [-0.05, 0) is 43.0 Å². The number of nitrogens with zero attached hydrogens (tertiary/aromatic N) is 3. The van der Waals surface area contributed by atoms with Gasteiger partial charge >= 0.3 is 6.18 Å². The summed E-state index contributed by atoms with van der Waals surface area (Å²) in [7, 11) is 0. The average Bonchev–Trinajstić information content (AvgIpc) is 2.90. The predicted molar refractivity (Wildman–Crippen MR) is 95.8 cm³/mol. The SMILES string of the molecule is O=C(CC1CCCCC1)Nc1nc2ccc(C(F)(F)F)nc2n1C1=CC=C1. The summed E-state index contributed by atoms with van der Waals surface area (Å²) in [6.07, 6.45) is 6.65. The molecule has 1 amide bonds. The number of aromatic nitrogens is 3. The Kier molecular flexibility index (Phi) is 4.49. The van der Waals surface area contributed by atoms with E-state index in [0.29, 0.717) is 23.6 Å². The maximum Gasteiger partial charge on any atom is 0.433 e. The van der Waals surface area contributed by atoms with E-state index in [1.165, 1.54) is 17.1 Å². The topological polar surface area (TPSA) is 59.8 Å². The van der Waals surface area contributed by atoms with Crippen LogP contribution in [-0.2, 0) is 11.0 Å². The van der Waals surface area contributed by atoms with Crippen LogP contribution < -0.4 is 5.32 Å². The van der Waals surface area contributed by atoms with Gasteiger partial charge in [0, 0.05) is 6.42 Å². The monoisotopic (exact) mass is 376 g/mol. The number of carbonyl (C=O) groups excluding carboxylic acids is 1. The molecular formula is C19H19F3N4O. The maximum atomic E-state index is 13.0. The summed E-state index contributed by atoms with van der Waals surface area (Å²) in [6, 6.07) is 2.18. The number of hydrogen-bond acceptors (Lipinski definition) is 3. The second kappa shape index (κ2) is 6.83. The van der Waals surface area contributed by atoms with E-state index in [4.69, 9.17) is 0 Å². The van der Waals surface area contributed by atoms with Crippen molar-refractivity contribution in [2.45, 2.75) is 44.7 Å². The highest BCUT2D eigenvalue weighted by atomic mass is 19.4. The fourth-order valence-corrected chi connectivity index (χ4v) is 3.60. The highest BCUT2D eigenvalue weighted by Crippen LogP contribution is 2.32. The van der Waals surface area contributed by atoms with Crippen molar-refractivity contribution in [1.82, 2.24) is 14.5 Å². The molecule has 0 aliphatic heterocycles. The zero-order valence-electron chi connectivity index (χ0n) is 14.6. The third-order valence-corrected chi connectivity index (χ3v) is 5.04. The number of allylic oxidation sites excluding steroid dienone is 4. The summed E-state index contributed by atoms with van der Waals surface area (Å²) in [5.41, 5.74) is 0.0305. The lowest BCUT2D eigenvalue weighted by molar-refractivity contribution is -0.141. The molecule has 1 fully saturated rings. The highest BCUT2D eigenvalue weighted by molar-refractivity contribution is 5.93. The fourth-order valence-electron chi connectivity index (χ4n) is 3.60. The molecule has 0 spiro atoms. The first-order chi connectivity index (χ1) is 12.9. The van der Waals surface area contributed by atoms with Crippen molar-refractivity contribution in [2.24, 2.45) is 5.92 Å². The van der Waals surface area contributed by atoms with E-state index >= 15 is 0 Å². The van der Waals surface area contributed by atoms with Crippen LogP contribution in [0, 0.1) is 5.92 Å². The van der Waals surface area contributed by atoms with Crippen LogP contribution in [-0.4, -0.2) is 20.4 Å². The Bertz CT molecular complexity index is 936. The number of fused-ring (bicyclic) bond motifs is 1. The van der Waals surface area contributed by atoms with Crippen molar-refractivity contribution in [3.8, 4) is 0 Å². The van der Waals surface area contributed by atoms with Gasteiger partial charge in [-0.25, -0.2) is 9.97 Å². The molecule has 0 atom stereocenters. The van der Waals surface area contributed by atoms with Crippen LogP contribution in [0.5, 0.6) is 0 Å². The van der Waals surface area contributed by atoms with E-state index in [9.17, 15) is 18.0 Å². The molecule has 0 bridgehead atoms. The van der Waals surface area contributed by atoms with Crippen molar-refractivity contribution in [3.05, 3.63) is 36.1 Å². The van der Waals surface area contributed by atoms with Gasteiger partial charge in [-0.3, -0.25) is 14.7 Å². The van der Waals surface area contributed by atoms with Gasteiger partial charge in [0.25, 0.3) is 0 Å². The standard InChI is InChI=1S/C19H19F3N4O/c20-19(21,22)15-10-9-14-17(24-15)26(13-7-4-8-13)18(23-14)25-16(27)11-12-5-2-1-3-6-12/h4,7-10,12H,1-3,5-6,11H2,(H,23,25,27). The molecule has 2 aromatic rings. The maximum absolute atomic E-state index is 13.0. The average molecular weight is 376 g/mol. The van der Waals surface area contributed by atoms with Gasteiger partial charge in [-0.15, -0.1) is 0 Å². The van der Waals surface area contributed by atoms with E-state index in [1.807, 2.05) is 0 Å². The van der Waals surface area contributed by atoms with Crippen molar-refractivity contribution in [2.75, 3.05) is 5.32 Å². The van der Waals surface area contributed by atoms with Crippen LogP contribution in [0.4, 0.5) is 19.1 Å². The molecule has 142 valence electrons. The number of carbonyl (C=O) groups is 1. The Morgan fingerprint density at radius 3 is 2.56 bits per heavy atom. The second-order valence-electron chi connectivity index (χ2n) is 7.01. The number of alkyl halides is 3. The van der Waals surface area contributed by atoms with Crippen molar-refractivity contribution in [3.63, 3.8) is 0 Å². The Morgan fingerprint density at radius 1 is 1.19 bits per heavy atom. The van der Waals surface area contributed by atoms with E-state index in [-0.39, 0.29) is 17.5 Å². The number of halogens is 3. The number of pyridine rings is 1. The lowest BCUT2D eigenvalue weighted by Crippen LogP contribution is -2.20. The summed E-state index contributed by atoms with van der Waals surface area (Å²) in [5, 5.41) is 2.77. The molecule has 0 aromatic carbocycles. The summed E-state index contributed by atoms with van der Waals surface area (Å²) in [6.45, 7) is 0.